The van der Waals surface area contributed by atoms with Gasteiger partial charge in [-0.15, -0.1) is 0 Å². The van der Waals surface area contributed by atoms with Gasteiger partial charge in [0.25, 0.3) is 0 Å². The quantitative estimate of drug-likeness (QED) is 0.797. The van der Waals surface area contributed by atoms with E-state index in [4.69, 9.17) is 4.74 Å². The summed E-state index contributed by atoms with van der Waals surface area (Å²) in [4.78, 5) is 12.8. The van der Waals surface area contributed by atoms with Gasteiger partial charge in [-0.3, -0.25) is 0 Å². The standard InChI is InChI=1S/C20H23NO3S/c1-12(2)11-24-17-7-6-15(9-16(17)10-21)18-8-5-13(3)14(4)19(25-18)20(22)23/h6-9,12-13H,5,11H2,1-4H3,(H,22,23). The Morgan fingerprint density at radius 3 is 2.80 bits per heavy atom. The van der Waals surface area contributed by atoms with Gasteiger partial charge < -0.3 is 9.84 Å². The first-order valence-corrected chi connectivity index (χ1v) is 9.14. The lowest BCUT2D eigenvalue weighted by Gasteiger charge is -2.13. The molecule has 1 aliphatic heterocycles. The lowest BCUT2D eigenvalue weighted by atomic mass is 9.98. The molecule has 1 N–H and O–H groups in total. The van der Waals surface area contributed by atoms with Crippen molar-refractivity contribution in [1.82, 2.24) is 0 Å². The maximum Gasteiger partial charge on any atom is 0.342 e. The average Bonchev–Trinajstić information content (AvgIpc) is 2.72. The number of aliphatic carboxylic acids is 1. The Balaban J connectivity index is 2.35. The largest absolute Gasteiger partial charge is 0.492 e. The van der Waals surface area contributed by atoms with Crippen LogP contribution in [0.5, 0.6) is 5.75 Å². The van der Waals surface area contributed by atoms with Crippen LogP contribution in [0, 0.1) is 23.2 Å². The summed E-state index contributed by atoms with van der Waals surface area (Å²) in [6.07, 6.45) is 2.83. The molecule has 1 aliphatic rings. The van der Waals surface area contributed by atoms with E-state index in [0.717, 1.165) is 22.5 Å². The van der Waals surface area contributed by atoms with Crippen molar-refractivity contribution in [1.29, 1.82) is 5.26 Å². The van der Waals surface area contributed by atoms with Gasteiger partial charge in [-0.2, -0.15) is 5.26 Å². The lowest BCUT2D eigenvalue weighted by molar-refractivity contribution is -0.131. The van der Waals surface area contributed by atoms with E-state index in [9.17, 15) is 15.2 Å². The van der Waals surface area contributed by atoms with Crippen molar-refractivity contribution in [2.45, 2.75) is 34.1 Å². The Kier molecular flexibility index (Phi) is 6.33. The zero-order valence-corrected chi connectivity index (χ0v) is 15.8. The van der Waals surface area contributed by atoms with E-state index in [0.29, 0.717) is 28.7 Å². The lowest BCUT2D eigenvalue weighted by Crippen LogP contribution is -2.05. The van der Waals surface area contributed by atoms with Crippen LogP contribution in [0.25, 0.3) is 4.91 Å². The first-order valence-electron chi connectivity index (χ1n) is 8.32. The summed E-state index contributed by atoms with van der Waals surface area (Å²) in [6.45, 7) is 8.56. The molecule has 5 heteroatoms. The Morgan fingerprint density at radius 1 is 1.48 bits per heavy atom. The van der Waals surface area contributed by atoms with Crippen molar-refractivity contribution in [3.63, 3.8) is 0 Å². The normalized spacial score (nSPS) is 17.8. The van der Waals surface area contributed by atoms with Crippen molar-refractivity contribution in [3.05, 3.63) is 45.9 Å². The topological polar surface area (TPSA) is 70.3 Å². The van der Waals surface area contributed by atoms with Crippen LogP contribution in [0.3, 0.4) is 0 Å². The molecule has 25 heavy (non-hydrogen) atoms. The Hall–Kier alpha value is -2.19. The molecule has 132 valence electrons. The second kappa shape index (κ2) is 8.26. The predicted molar refractivity (Wildman–Crippen MR) is 101 cm³/mol. The van der Waals surface area contributed by atoms with Gasteiger partial charge in [0.1, 0.15) is 11.8 Å². The summed E-state index contributed by atoms with van der Waals surface area (Å²) in [6, 6.07) is 7.64. The van der Waals surface area contributed by atoms with Crippen molar-refractivity contribution in [2.75, 3.05) is 6.61 Å². The fraction of sp³-hybridized carbons (Fsp3) is 0.400. The molecule has 0 fully saturated rings. The highest BCUT2D eigenvalue weighted by Crippen LogP contribution is 2.41. The number of benzene rings is 1. The molecule has 4 nitrogen and oxygen atoms in total. The van der Waals surface area contributed by atoms with Crippen LogP contribution in [0.15, 0.2) is 34.8 Å². The Morgan fingerprint density at radius 2 is 2.20 bits per heavy atom. The summed E-state index contributed by atoms with van der Waals surface area (Å²) < 4.78 is 5.70. The third-order valence-corrected chi connectivity index (χ3v) is 5.44. The van der Waals surface area contributed by atoms with E-state index in [-0.39, 0.29) is 5.92 Å². The molecule has 1 unspecified atom stereocenters. The summed E-state index contributed by atoms with van der Waals surface area (Å²) in [5, 5.41) is 18.9. The minimum Gasteiger partial charge on any atom is -0.492 e. The van der Waals surface area contributed by atoms with E-state index in [2.05, 4.69) is 26.0 Å². The number of hydrogen-bond acceptors (Lipinski definition) is 4. The molecular weight excluding hydrogens is 334 g/mol. The highest BCUT2D eigenvalue weighted by molar-refractivity contribution is 8.12. The molecule has 1 aromatic carbocycles. The maximum absolute atomic E-state index is 11.6. The summed E-state index contributed by atoms with van der Waals surface area (Å²) >= 11 is 1.26. The van der Waals surface area contributed by atoms with Gasteiger partial charge in [0.05, 0.1) is 17.1 Å². The van der Waals surface area contributed by atoms with Gasteiger partial charge in [-0.05, 0) is 48.4 Å². The first kappa shape index (κ1) is 19.1. The van der Waals surface area contributed by atoms with E-state index in [1.165, 1.54) is 11.8 Å². The van der Waals surface area contributed by atoms with Crippen LogP contribution in [0.2, 0.25) is 0 Å². The van der Waals surface area contributed by atoms with E-state index in [1.54, 1.807) is 12.1 Å². The van der Waals surface area contributed by atoms with Gasteiger partial charge in [0.15, 0.2) is 0 Å². The van der Waals surface area contributed by atoms with Crippen LogP contribution in [-0.4, -0.2) is 17.7 Å². The fourth-order valence-electron chi connectivity index (χ4n) is 2.46. The van der Waals surface area contributed by atoms with Gasteiger partial charge in [0, 0.05) is 4.91 Å². The SMILES string of the molecule is CC1=C(C(=O)O)SC(c2ccc(OCC(C)C)c(C#N)c2)=CCC1C. The van der Waals surface area contributed by atoms with Crippen LogP contribution in [0.1, 0.15) is 45.2 Å². The molecule has 0 amide bonds. The average molecular weight is 357 g/mol. The molecule has 1 atom stereocenters. The highest BCUT2D eigenvalue weighted by Gasteiger charge is 2.22. The Labute approximate surface area is 153 Å². The van der Waals surface area contributed by atoms with Crippen molar-refractivity contribution < 1.29 is 14.6 Å². The highest BCUT2D eigenvalue weighted by atomic mass is 32.2. The smallest absolute Gasteiger partial charge is 0.342 e. The molecule has 1 heterocycles. The monoisotopic (exact) mass is 357 g/mol. The molecule has 0 aromatic heterocycles. The zero-order chi connectivity index (χ0) is 18.6. The number of carbonyl (C=O) groups is 1. The molecule has 0 radical (unpaired) electrons. The minimum absolute atomic E-state index is 0.181. The summed E-state index contributed by atoms with van der Waals surface area (Å²) in [5.41, 5.74) is 2.20. The molecule has 1 aromatic rings. The maximum atomic E-state index is 11.6. The number of carboxylic acid groups (broad SMARTS) is 1. The van der Waals surface area contributed by atoms with Crippen molar-refractivity contribution in [3.8, 4) is 11.8 Å². The fourth-order valence-corrected chi connectivity index (χ4v) is 3.55. The van der Waals surface area contributed by atoms with Gasteiger partial charge in [-0.25, -0.2) is 4.79 Å². The molecule has 2 rings (SSSR count). The number of ether oxygens (including phenoxy) is 1. The molecule has 0 spiro atoms. The second-order valence-electron chi connectivity index (χ2n) is 6.65. The number of nitrogens with zero attached hydrogens (tertiary/aromatic N) is 1. The second-order valence-corrected chi connectivity index (χ2v) is 7.70. The van der Waals surface area contributed by atoms with Gasteiger partial charge in [0.2, 0.25) is 0 Å². The van der Waals surface area contributed by atoms with Crippen LogP contribution < -0.4 is 4.74 Å². The van der Waals surface area contributed by atoms with Gasteiger partial charge in [-0.1, -0.05) is 44.7 Å². The molecule has 0 saturated heterocycles. The number of nitriles is 1. The van der Waals surface area contributed by atoms with Crippen molar-refractivity contribution in [2.24, 2.45) is 11.8 Å². The zero-order valence-electron chi connectivity index (χ0n) is 15.0. The molecule has 0 aliphatic carbocycles. The van der Waals surface area contributed by atoms with E-state index < -0.39 is 5.97 Å². The first-order chi connectivity index (χ1) is 11.8. The van der Waals surface area contributed by atoms with Crippen LogP contribution in [-0.2, 0) is 4.79 Å². The predicted octanol–water partition coefficient (Wildman–Crippen LogP) is 5.07. The van der Waals surface area contributed by atoms with E-state index in [1.807, 2.05) is 19.9 Å². The summed E-state index contributed by atoms with van der Waals surface area (Å²) in [5.74, 6) is 0.219. The van der Waals surface area contributed by atoms with E-state index >= 15 is 0 Å². The summed E-state index contributed by atoms with van der Waals surface area (Å²) in [7, 11) is 0. The molecular formula is C20H23NO3S. The Bertz CT molecular complexity index is 772. The molecule has 0 bridgehead atoms. The number of allylic oxidation sites excluding steroid dienone is 2. The third kappa shape index (κ3) is 4.67. The molecule has 0 saturated carbocycles. The van der Waals surface area contributed by atoms with Crippen LogP contribution in [0.4, 0.5) is 0 Å². The van der Waals surface area contributed by atoms with Gasteiger partial charge >= 0.3 is 5.97 Å². The number of thioether (sulfide) groups is 1. The number of rotatable bonds is 5. The van der Waals surface area contributed by atoms with Crippen molar-refractivity contribution >= 4 is 22.6 Å². The minimum atomic E-state index is -0.903. The number of hydrogen-bond donors (Lipinski definition) is 1. The van der Waals surface area contributed by atoms with Crippen LogP contribution >= 0.6 is 11.8 Å². The third-order valence-electron chi connectivity index (χ3n) is 4.12. The number of carboxylic acids is 1.